The van der Waals surface area contributed by atoms with Crippen LogP contribution in [0.5, 0.6) is 0 Å². The summed E-state index contributed by atoms with van der Waals surface area (Å²) in [5.74, 6) is -0.385. The van der Waals surface area contributed by atoms with Gasteiger partial charge >= 0.3 is 0 Å². The van der Waals surface area contributed by atoms with E-state index in [2.05, 4.69) is 4.90 Å². The first-order valence-corrected chi connectivity index (χ1v) is 5.87. The van der Waals surface area contributed by atoms with Crippen molar-refractivity contribution in [3.63, 3.8) is 0 Å². The number of benzene rings is 1. The second kappa shape index (κ2) is 5.13. The minimum atomic E-state index is -0.385. The number of halogens is 2. The molecule has 1 aliphatic heterocycles. The third-order valence-corrected chi connectivity index (χ3v) is 3.16. The van der Waals surface area contributed by atoms with E-state index in [-0.39, 0.29) is 16.9 Å². The Morgan fingerprint density at radius 1 is 1.50 bits per heavy atom. The van der Waals surface area contributed by atoms with Crippen LogP contribution in [0.4, 0.5) is 4.39 Å². The van der Waals surface area contributed by atoms with Gasteiger partial charge in [-0.1, -0.05) is 17.7 Å². The normalized spacial score (nSPS) is 22.3. The van der Waals surface area contributed by atoms with E-state index in [0.717, 1.165) is 31.5 Å². The van der Waals surface area contributed by atoms with E-state index in [1.807, 2.05) is 0 Å². The van der Waals surface area contributed by atoms with Crippen molar-refractivity contribution in [2.24, 2.45) is 0 Å². The van der Waals surface area contributed by atoms with Crippen molar-refractivity contribution in [3.05, 3.63) is 34.6 Å². The number of likely N-dealkylation sites (tertiary alicyclic amines) is 1. The fraction of sp³-hybridized carbons (Fsp3) is 0.500. The Morgan fingerprint density at radius 2 is 2.31 bits per heavy atom. The van der Waals surface area contributed by atoms with Crippen LogP contribution in [0.1, 0.15) is 18.4 Å². The van der Waals surface area contributed by atoms with Crippen LogP contribution < -0.4 is 0 Å². The lowest BCUT2D eigenvalue weighted by molar-refractivity contribution is 0.0668. The van der Waals surface area contributed by atoms with Crippen molar-refractivity contribution >= 4 is 11.6 Å². The molecule has 0 bridgehead atoms. The van der Waals surface area contributed by atoms with E-state index in [4.69, 9.17) is 11.6 Å². The maximum Gasteiger partial charge on any atom is 0.141 e. The molecule has 0 radical (unpaired) electrons. The van der Waals surface area contributed by atoms with Gasteiger partial charge in [0, 0.05) is 13.1 Å². The summed E-state index contributed by atoms with van der Waals surface area (Å²) in [6, 6.07) is 4.78. The lowest BCUT2D eigenvalue weighted by Gasteiger charge is -2.29. The molecule has 1 atom stereocenters. The predicted molar refractivity (Wildman–Crippen MR) is 61.9 cm³/mol. The molecular weight excluding hydrogens is 229 g/mol. The third-order valence-electron chi connectivity index (χ3n) is 2.87. The van der Waals surface area contributed by atoms with Crippen LogP contribution >= 0.6 is 11.6 Å². The van der Waals surface area contributed by atoms with Crippen molar-refractivity contribution in [1.82, 2.24) is 4.90 Å². The van der Waals surface area contributed by atoms with Gasteiger partial charge in [0.25, 0.3) is 0 Å². The van der Waals surface area contributed by atoms with E-state index in [1.165, 1.54) is 6.07 Å². The summed E-state index contributed by atoms with van der Waals surface area (Å²) >= 11 is 5.72. The molecular formula is C12H15ClFNO. The van der Waals surface area contributed by atoms with Crippen molar-refractivity contribution in [2.75, 3.05) is 13.1 Å². The van der Waals surface area contributed by atoms with Crippen molar-refractivity contribution in [3.8, 4) is 0 Å². The minimum absolute atomic E-state index is 0.162. The smallest absolute Gasteiger partial charge is 0.141 e. The average molecular weight is 244 g/mol. The highest BCUT2D eigenvalue weighted by atomic mass is 35.5. The lowest BCUT2D eigenvalue weighted by atomic mass is 10.1. The Labute approximate surface area is 99.6 Å². The van der Waals surface area contributed by atoms with E-state index < -0.39 is 0 Å². The van der Waals surface area contributed by atoms with E-state index in [9.17, 15) is 9.50 Å². The number of rotatable bonds is 2. The minimum Gasteiger partial charge on any atom is -0.392 e. The van der Waals surface area contributed by atoms with Crippen LogP contribution in [0.25, 0.3) is 0 Å². The van der Waals surface area contributed by atoms with Crippen LogP contribution in [-0.4, -0.2) is 29.2 Å². The van der Waals surface area contributed by atoms with Crippen molar-refractivity contribution in [2.45, 2.75) is 25.5 Å². The number of hydrogen-bond donors (Lipinski definition) is 1. The molecule has 4 heteroatoms. The molecule has 0 spiro atoms. The highest BCUT2D eigenvalue weighted by Crippen LogP contribution is 2.19. The monoisotopic (exact) mass is 243 g/mol. The second-order valence-electron chi connectivity index (χ2n) is 4.28. The highest BCUT2D eigenvalue weighted by molar-refractivity contribution is 6.30. The Morgan fingerprint density at radius 3 is 3.00 bits per heavy atom. The molecule has 0 aliphatic carbocycles. The third kappa shape index (κ3) is 2.94. The van der Waals surface area contributed by atoms with Gasteiger partial charge in [-0.25, -0.2) is 4.39 Å². The number of piperidine rings is 1. The van der Waals surface area contributed by atoms with Gasteiger partial charge in [0.2, 0.25) is 0 Å². The maximum atomic E-state index is 13.0. The summed E-state index contributed by atoms with van der Waals surface area (Å²) in [7, 11) is 0. The summed E-state index contributed by atoms with van der Waals surface area (Å²) in [6.45, 7) is 2.39. The number of hydrogen-bond acceptors (Lipinski definition) is 2. The summed E-state index contributed by atoms with van der Waals surface area (Å²) in [6.07, 6.45) is 1.65. The molecule has 2 nitrogen and oxygen atoms in total. The quantitative estimate of drug-likeness (QED) is 0.863. The van der Waals surface area contributed by atoms with Gasteiger partial charge in [0.1, 0.15) is 5.82 Å². The molecule has 1 saturated heterocycles. The fourth-order valence-corrected chi connectivity index (χ4v) is 2.27. The Bertz CT molecular complexity index is 372. The van der Waals surface area contributed by atoms with Crippen LogP contribution in [0.2, 0.25) is 5.02 Å². The first-order chi connectivity index (χ1) is 7.65. The van der Waals surface area contributed by atoms with Crippen molar-refractivity contribution in [1.29, 1.82) is 0 Å². The SMILES string of the molecule is OC1CCCN(Cc2ccc(F)c(Cl)c2)C1. The van der Waals surface area contributed by atoms with Crippen LogP contribution in [0.3, 0.4) is 0 Å². The van der Waals surface area contributed by atoms with Gasteiger partial charge in [-0.05, 0) is 37.1 Å². The van der Waals surface area contributed by atoms with Crippen LogP contribution in [0.15, 0.2) is 18.2 Å². The molecule has 1 heterocycles. The molecule has 88 valence electrons. The number of nitrogens with zero attached hydrogens (tertiary/aromatic N) is 1. The van der Waals surface area contributed by atoms with Gasteiger partial charge in [0.05, 0.1) is 11.1 Å². The highest BCUT2D eigenvalue weighted by Gasteiger charge is 2.17. The molecule has 1 N–H and O–H groups in total. The van der Waals surface area contributed by atoms with Crippen molar-refractivity contribution < 1.29 is 9.50 Å². The first kappa shape index (κ1) is 11.8. The van der Waals surface area contributed by atoms with E-state index in [1.54, 1.807) is 12.1 Å². The molecule has 1 aromatic carbocycles. The zero-order valence-corrected chi connectivity index (χ0v) is 9.75. The van der Waals surface area contributed by atoms with Crippen LogP contribution in [0, 0.1) is 5.82 Å². The summed E-state index contributed by atoms with van der Waals surface area (Å²) in [5, 5.41) is 9.69. The molecule has 1 aromatic rings. The molecule has 1 aliphatic rings. The van der Waals surface area contributed by atoms with Gasteiger partial charge in [0.15, 0.2) is 0 Å². The molecule has 16 heavy (non-hydrogen) atoms. The number of aliphatic hydroxyl groups excluding tert-OH is 1. The predicted octanol–water partition coefficient (Wildman–Crippen LogP) is 2.44. The fourth-order valence-electron chi connectivity index (χ4n) is 2.07. The Balaban J connectivity index is 2.00. The Hall–Kier alpha value is -0.640. The van der Waals surface area contributed by atoms with Gasteiger partial charge in [-0.2, -0.15) is 0 Å². The Kier molecular flexibility index (Phi) is 3.79. The topological polar surface area (TPSA) is 23.5 Å². The van der Waals surface area contributed by atoms with Gasteiger partial charge in [-0.3, -0.25) is 4.90 Å². The zero-order chi connectivity index (χ0) is 11.5. The summed E-state index contributed by atoms with van der Waals surface area (Å²) < 4.78 is 13.0. The molecule has 0 aromatic heterocycles. The summed E-state index contributed by atoms with van der Waals surface area (Å²) in [5.41, 5.74) is 0.987. The average Bonchev–Trinajstić information content (AvgIpc) is 2.24. The second-order valence-corrected chi connectivity index (χ2v) is 4.69. The molecule has 2 rings (SSSR count). The summed E-state index contributed by atoms with van der Waals surface area (Å²) in [4.78, 5) is 2.16. The van der Waals surface area contributed by atoms with E-state index >= 15 is 0 Å². The molecule has 0 saturated carbocycles. The van der Waals surface area contributed by atoms with Crippen LogP contribution in [-0.2, 0) is 6.54 Å². The molecule has 1 unspecified atom stereocenters. The number of β-amino-alcohol motifs (C(OH)–C–C–N with tert-alkyl or cyclic N) is 1. The van der Waals surface area contributed by atoms with E-state index in [0.29, 0.717) is 6.54 Å². The molecule has 0 amide bonds. The standard InChI is InChI=1S/C12H15ClFNO/c13-11-6-9(3-4-12(11)14)7-15-5-1-2-10(16)8-15/h3-4,6,10,16H,1-2,5,7-8H2. The number of aliphatic hydroxyl groups is 1. The maximum absolute atomic E-state index is 13.0. The van der Waals surface area contributed by atoms with Gasteiger partial charge in [-0.15, -0.1) is 0 Å². The molecule has 1 fully saturated rings. The first-order valence-electron chi connectivity index (χ1n) is 5.49. The lowest BCUT2D eigenvalue weighted by Crippen LogP contribution is -2.37. The zero-order valence-electron chi connectivity index (χ0n) is 9.00. The van der Waals surface area contributed by atoms with Gasteiger partial charge < -0.3 is 5.11 Å². The largest absolute Gasteiger partial charge is 0.392 e.